The average Bonchev–Trinajstić information content (AvgIpc) is 2.41. The van der Waals surface area contributed by atoms with Crippen molar-refractivity contribution in [3.05, 3.63) is 11.6 Å². The number of aliphatic hydroxyl groups excluding tert-OH is 1. The van der Waals surface area contributed by atoms with Crippen molar-refractivity contribution in [1.82, 2.24) is 0 Å². The van der Waals surface area contributed by atoms with E-state index in [2.05, 4.69) is 34.6 Å². The minimum atomic E-state index is 0.184. The third-order valence-corrected chi connectivity index (χ3v) is 4.59. The molecule has 0 spiro atoms. The quantitative estimate of drug-likeness (QED) is 0.683. The van der Waals surface area contributed by atoms with E-state index in [1.165, 1.54) is 12.0 Å². The van der Waals surface area contributed by atoms with Gasteiger partial charge in [0.05, 0.1) is 6.61 Å². The lowest BCUT2D eigenvalue weighted by Crippen LogP contribution is -1.95. The van der Waals surface area contributed by atoms with Crippen LogP contribution in [0.25, 0.3) is 0 Å². The first kappa shape index (κ1) is 11.8. The van der Waals surface area contributed by atoms with Crippen molar-refractivity contribution >= 4 is 0 Å². The molecule has 82 valence electrons. The van der Waals surface area contributed by atoms with Crippen molar-refractivity contribution in [1.29, 1.82) is 0 Å². The first-order chi connectivity index (χ1) is 6.34. The Morgan fingerprint density at radius 3 is 2.07 bits per heavy atom. The Morgan fingerprint density at radius 2 is 1.71 bits per heavy atom. The second-order valence-electron chi connectivity index (χ2n) is 5.77. The predicted octanol–water partition coefficient (Wildman–Crippen LogP) is 3.39. The molecule has 0 unspecified atom stereocenters. The lowest BCUT2D eigenvalue weighted by molar-refractivity contribution is 0.341. The molecule has 1 nitrogen and oxygen atoms in total. The van der Waals surface area contributed by atoms with E-state index in [1.807, 2.05) is 6.08 Å². The van der Waals surface area contributed by atoms with Crippen LogP contribution in [0.1, 0.15) is 47.5 Å². The maximum absolute atomic E-state index is 8.75. The predicted molar refractivity (Wildman–Crippen MR) is 61.1 cm³/mol. The molecular formula is C13H24O. The number of rotatable bonds is 4. The third-order valence-electron chi connectivity index (χ3n) is 4.59. The van der Waals surface area contributed by atoms with E-state index in [1.54, 1.807) is 0 Å². The molecule has 0 aromatic heterocycles. The van der Waals surface area contributed by atoms with E-state index >= 15 is 0 Å². The van der Waals surface area contributed by atoms with Gasteiger partial charge in [0.1, 0.15) is 0 Å². The fourth-order valence-corrected chi connectivity index (χ4v) is 2.68. The highest BCUT2D eigenvalue weighted by Gasteiger charge is 2.63. The second-order valence-corrected chi connectivity index (χ2v) is 5.77. The summed E-state index contributed by atoms with van der Waals surface area (Å²) >= 11 is 0. The van der Waals surface area contributed by atoms with Gasteiger partial charge in [0.25, 0.3) is 0 Å². The third kappa shape index (κ3) is 1.88. The zero-order chi connectivity index (χ0) is 11.0. The summed E-state index contributed by atoms with van der Waals surface area (Å²) in [6.45, 7) is 11.7. The second kappa shape index (κ2) is 3.69. The average molecular weight is 196 g/mol. The molecule has 0 aromatic rings. The molecule has 0 bridgehead atoms. The van der Waals surface area contributed by atoms with Gasteiger partial charge in [0, 0.05) is 0 Å². The van der Waals surface area contributed by atoms with E-state index < -0.39 is 0 Å². The monoisotopic (exact) mass is 196 g/mol. The Hall–Kier alpha value is -0.300. The maximum Gasteiger partial charge on any atom is 0.0614 e. The van der Waals surface area contributed by atoms with Crippen molar-refractivity contribution in [2.75, 3.05) is 6.61 Å². The summed E-state index contributed by atoms with van der Waals surface area (Å²) in [5, 5.41) is 8.75. The van der Waals surface area contributed by atoms with Crippen LogP contribution in [0.15, 0.2) is 11.6 Å². The number of allylic oxidation sites excluding steroid dienone is 1. The molecule has 1 heteroatoms. The molecule has 1 aliphatic rings. The van der Waals surface area contributed by atoms with Crippen LogP contribution in [-0.2, 0) is 0 Å². The van der Waals surface area contributed by atoms with Gasteiger partial charge >= 0.3 is 0 Å². The summed E-state index contributed by atoms with van der Waals surface area (Å²) in [7, 11) is 0. The van der Waals surface area contributed by atoms with Crippen LogP contribution in [0.4, 0.5) is 0 Å². The molecular weight excluding hydrogens is 172 g/mol. The highest BCUT2D eigenvalue weighted by atomic mass is 16.2. The molecule has 1 fully saturated rings. The van der Waals surface area contributed by atoms with Crippen LogP contribution >= 0.6 is 0 Å². The molecule has 1 N–H and O–H groups in total. The Labute approximate surface area is 88.2 Å². The number of hydrogen-bond donors (Lipinski definition) is 1. The van der Waals surface area contributed by atoms with E-state index in [4.69, 9.17) is 5.11 Å². The zero-order valence-corrected chi connectivity index (χ0v) is 10.2. The first-order valence-corrected chi connectivity index (χ1v) is 5.60. The van der Waals surface area contributed by atoms with Gasteiger partial charge in [0.2, 0.25) is 0 Å². The van der Waals surface area contributed by atoms with Gasteiger partial charge in [-0.3, -0.25) is 0 Å². The van der Waals surface area contributed by atoms with Crippen LogP contribution in [0.5, 0.6) is 0 Å². The SMILES string of the molecule is CC(=CCO)CCC1C(C)(C)C1(C)C. The largest absolute Gasteiger partial charge is 0.392 e. The lowest BCUT2D eigenvalue weighted by Gasteiger charge is -2.04. The van der Waals surface area contributed by atoms with E-state index in [0.29, 0.717) is 10.8 Å². The smallest absolute Gasteiger partial charge is 0.0614 e. The molecule has 14 heavy (non-hydrogen) atoms. The van der Waals surface area contributed by atoms with Crippen LogP contribution in [0.3, 0.4) is 0 Å². The summed E-state index contributed by atoms with van der Waals surface area (Å²) in [4.78, 5) is 0. The van der Waals surface area contributed by atoms with E-state index in [-0.39, 0.29) is 6.61 Å². The Balaban J connectivity index is 2.39. The lowest BCUT2D eigenvalue weighted by atomic mass is 10.0. The molecule has 0 aliphatic heterocycles. The minimum absolute atomic E-state index is 0.184. The molecule has 0 atom stereocenters. The molecule has 0 aromatic carbocycles. The van der Waals surface area contributed by atoms with Gasteiger partial charge in [-0.2, -0.15) is 0 Å². The van der Waals surface area contributed by atoms with Crippen LogP contribution < -0.4 is 0 Å². The molecule has 0 heterocycles. The summed E-state index contributed by atoms with van der Waals surface area (Å²) in [5.74, 6) is 0.844. The standard InChI is InChI=1S/C13H24O/c1-10(8-9-14)6-7-11-12(2,3)13(11,4)5/h8,11,14H,6-7,9H2,1-5H3. The fraction of sp³-hybridized carbons (Fsp3) is 0.846. The Bertz CT molecular complexity index is 222. The van der Waals surface area contributed by atoms with Crippen molar-refractivity contribution in [2.45, 2.75) is 47.5 Å². The minimum Gasteiger partial charge on any atom is -0.392 e. The number of hydrogen-bond acceptors (Lipinski definition) is 1. The van der Waals surface area contributed by atoms with Crippen molar-refractivity contribution in [3.63, 3.8) is 0 Å². The zero-order valence-electron chi connectivity index (χ0n) is 10.2. The summed E-state index contributed by atoms with van der Waals surface area (Å²) in [5.41, 5.74) is 2.34. The molecule has 1 aliphatic carbocycles. The van der Waals surface area contributed by atoms with Crippen molar-refractivity contribution in [2.24, 2.45) is 16.7 Å². The molecule has 0 saturated heterocycles. The fourth-order valence-electron chi connectivity index (χ4n) is 2.68. The van der Waals surface area contributed by atoms with Crippen LogP contribution in [0, 0.1) is 16.7 Å². The summed E-state index contributed by atoms with van der Waals surface area (Å²) < 4.78 is 0. The Morgan fingerprint density at radius 1 is 1.21 bits per heavy atom. The topological polar surface area (TPSA) is 20.2 Å². The highest BCUT2D eigenvalue weighted by molar-refractivity contribution is 5.13. The van der Waals surface area contributed by atoms with Crippen molar-refractivity contribution in [3.8, 4) is 0 Å². The van der Waals surface area contributed by atoms with Gasteiger partial charge in [-0.05, 0) is 36.5 Å². The maximum atomic E-state index is 8.75. The van der Waals surface area contributed by atoms with Gasteiger partial charge in [-0.25, -0.2) is 0 Å². The van der Waals surface area contributed by atoms with Gasteiger partial charge in [-0.15, -0.1) is 0 Å². The highest BCUT2D eigenvalue weighted by Crippen LogP contribution is 2.70. The molecule has 1 saturated carbocycles. The van der Waals surface area contributed by atoms with Crippen molar-refractivity contribution < 1.29 is 5.11 Å². The summed E-state index contributed by atoms with van der Waals surface area (Å²) in [6.07, 6.45) is 4.32. The van der Waals surface area contributed by atoms with Gasteiger partial charge in [0.15, 0.2) is 0 Å². The molecule has 0 radical (unpaired) electrons. The van der Waals surface area contributed by atoms with E-state index in [0.717, 1.165) is 12.3 Å². The summed E-state index contributed by atoms with van der Waals surface area (Å²) in [6, 6.07) is 0. The van der Waals surface area contributed by atoms with Crippen LogP contribution in [-0.4, -0.2) is 11.7 Å². The van der Waals surface area contributed by atoms with Crippen LogP contribution in [0.2, 0.25) is 0 Å². The Kier molecular flexibility index (Phi) is 3.10. The van der Waals surface area contributed by atoms with Gasteiger partial charge < -0.3 is 5.11 Å². The molecule has 0 amide bonds. The van der Waals surface area contributed by atoms with E-state index in [9.17, 15) is 0 Å². The first-order valence-electron chi connectivity index (χ1n) is 5.60. The normalized spacial score (nSPS) is 25.1. The van der Waals surface area contributed by atoms with Gasteiger partial charge in [-0.1, -0.05) is 39.3 Å². The molecule has 1 rings (SSSR count). The number of aliphatic hydroxyl groups is 1.